The number of halogens is 3. The van der Waals surface area contributed by atoms with Crippen LogP contribution in [-0.2, 0) is 0 Å². The van der Waals surface area contributed by atoms with E-state index in [1.807, 2.05) is 0 Å². The molecular formula is C12H15F3N2O3. The summed E-state index contributed by atoms with van der Waals surface area (Å²) >= 11 is 0. The fourth-order valence-corrected chi connectivity index (χ4v) is 1.69. The molecule has 5 nitrogen and oxygen atoms in total. The molecule has 0 aliphatic carbocycles. The molecular weight excluding hydrogens is 277 g/mol. The molecule has 0 unspecified atom stereocenters. The van der Waals surface area contributed by atoms with Crippen molar-refractivity contribution in [3.63, 3.8) is 0 Å². The van der Waals surface area contributed by atoms with Gasteiger partial charge in [-0.05, 0) is 25.0 Å². The molecule has 0 radical (unpaired) electrons. The summed E-state index contributed by atoms with van der Waals surface area (Å²) in [7, 11) is 1.31. The zero-order chi connectivity index (χ0) is 15.2. The van der Waals surface area contributed by atoms with Gasteiger partial charge in [-0.15, -0.1) is 0 Å². The molecule has 0 heterocycles. The van der Waals surface area contributed by atoms with Crippen LogP contribution in [0.2, 0.25) is 0 Å². The first-order chi connectivity index (χ1) is 9.35. The van der Waals surface area contributed by atoms with E-state index in [-0.39, 0.29) is 36.5 Å². The predicted molar refractivity (Wildman–Crippen MR) is 68.0 cm³/mol. The normalized spacial score (nSPS) is 11.2. The van der Waals surface area contributed by atoms with Crippen LogP contribution in [-0.4, -0.2) is 24.8 Å². The standard InChI is InChI=1S/C12H15F3N2O3/c1-20-10-6-4-5-9(11(10)17(18)19)16-8-3-2-7-12(13,14)15/h4-6,16H,2-3,7-8H2,1H3. The van der Waals surface area contributed by atoms with Crippen molar-refractivity contribution in [1.29, 1.82) is 0 Å². The van der Waals surface area contributed by atoms with Crippen molar-refractivity contribution < 1.29 is 22.8 Å². The Morgan fingerprint density at radius 3 is 2.60 bits per heavy atom. The van der Waals surface area contributed by atoms with Crippen LogP contribution in [0, 0.1) is 10.1 Å². The topological polar surface area (TPSA) is 64.4 Å². The molecule has 1 aromatic rings. The summed E-state index contributed by atoms with van der Waals surface area (Å²) in [6.07, 6.45) is -4.76. The van der Waals surface area contributed by atoms with Crippen LogP contribution in [0.1, 0.15) is 19.3 Å². The van der Waals surface area contributed by atoms with Crippen molar-refractivity contribution >= 4 is 11.4 Å². The highest BCUT2D eigenvalue weighted by Gasteiger charge is 2.26. The zero-order valence-electron chi connectivity index (χ0n) is 10.9. The molecule has 0 aliphatic heterocycles. The van der Waals surface area contributed by atoms with Crippen LogP contribution in [0.4, 0.5) is 24.5 Å². The van der Waals surface area contributed by atoms with Gasteiger partial charge in [0.2, 0.25) is 0 Å². The molecule has 1 aromatic carbocycles. The summed E-state index contributed by atoms with van der Waals surface area (Å²) in [5.74, 6) is 0.107. The average molecular weight is 292 g/mol. The fourth-order valence-electron chi connectivity index (χ4n) is 1.69. The number of unbranched alkanes of at least 4 members (excludes halogenated alkanes) is 1. The first-order valence-corrected chi connectivity index (χ1v) is 5.97. The van der Waals surface area contributed by atoms with Gasteiger partial charge in [-0.3, -0.25) is 10.1 Å². The second-order valence-electron chi connectivity index (χ2n) is 4.11. The number of hydrogen-bond donors (Lipinski definition) is 1. The molecule has 112 valence electrons. The number of nitro groups is 1. The summed E-state index contributed by atoms with van der Waals surface area (Å²) in [5, 5.41) is 13.7. The highest BCUT2D eigenvalue weighted by Crippen LogP contribution is 2.34. The Morgan fingerprint density at radius 1 is 1.35 bits per heavy atom. The molecule has 20 heavy (non-hydrogen) atoms. The summed E-state index contributed by atoms with van der Waals surface area (Å²) in [6, 6.07) is 4.52. The third-order valence-corrected chi connectivity index (χ3v) is 2.60. The molecule has 0 aliphatic rings. The number of alkyl halides is 3. The van der Waals surface area contributed by atoms with Gasteiger partial charge < -0.3 is 10.1 Å². The number of para-hydroxylation sites is 1. The molecule has 0 aromatic heterocycles. The minimum atomic E-state index is -4.16. The van der Waals surface area contributed by atoms with E-state index in [1.54, 1.807) is 6.07 Å². The Kier molecular flexibility index (Phi) is 5.60. The smallest absolute Gasteiger partial charge is 0.389 e. The maximum atomic E-state index is 11.9. The molecule has 0 spiro atoms. The molecule has 0 atom stereocenters. The van der Waals surface area contributed by atoms with E-state index in [2.05, 4.69) is 5.32 Å². The maximum Gasteiger partial charge on any atom is 0.389 e. The van der Waals surface area contributed by atoms with Gasteiger partial charge in [-0.1, -0.05) is 6.07 Å². The molecule has 8 heteroatoms. The Bertz CT molecular complexity index is 464. The Morgan fingerprint density at radius 2 is 2.05 bits per heavy atom. The molecule has 1 rings (SSSR count). The fraction of sp³-hybridized carbons (Fsp3) is 0.500. The Labute approximate surface area is 113 Å². The molecule has 0 saturated carbocycles. The Balaban J connectivity index is 2.58. The monoisotopic (exact) mass is 292 g/mol. The lowest BCUT2D eigenvalue weighted by Gasteiger charge is -2.10. The lowest BCUT2D eigenvalue weighted by atomic mass is 10.2. The van der Waals surface area contributed by atoms with Gasteiger partial charge >= 0.3 is 11.9 Å². The van der Waals surface area contributed by atoms with Crippen molar-refractivity contribution in [3.05, 3.63) is 28.3 Å². The minimum absolute atomic E-state index is 0.0196. The third-order valence-electron chi connectivity index (χ3n) is 2.60. The van der Waals surface area contributed by atoms with Crippen LogP contribution in [0.25, 0.3) is 0 Å². The van der Waals surface area contributed by atoms with Crippen LogP contribution >= 0.6 is 0 Å². The quantitative estimate of drug-likeness (QED) is 0.472. The number of anilines is 1. The number of nitrogens with zero attached hydrogens (tertiary/aromatic N) is 1. The highest BCUT2D eigenvalue weighted by molar-refractivity contribution is 5.68. The van der Waals surface area contributed by atoms with Gasteiger partial charge in [0.1, 0.15) is 5.69 Å². The first kappa shape index (κ1) is 16.1. The first-order valence-electron chi connectivity index (χ1n) is 5.97. The van der Waals surface area contributed by atoms with E-state index in [1.165, 1.54) is 19.2 Å². The molecule has 0 fully saturated rings. The van der Waals surface area contributed by atoms with Crippen LogP contribution < -0.4 is 10.1 Å². The lowest BCUT2D eigenvalue weighted by Crippen LogP contribution is -2.09. The number of methoxy groups -OCH3 is 1. The summed E-state index contributed by atoms with van der Waals surface area (Å²) in [4.78, 5) is 10.4. The van der Waals surface area contributed by atoms with Gasteiger partial charge in [-0.2, -0.15) is 13.2 Å². The number of hydrogen-bond acceptors (Lipinski definition) is 4. The van der Waals surface area contributed by atoms with Gasteiger partial charge in [0.15, 0.2) is 5.75 Å². The van der Waals surface area contributed by atoms with E-state index < -0.39 is 17.5 Å². The molecule has 0 saturated heterocycles. The number of benzene rings is 1. The molecule has 1 N–H and O–H groups in total. The van der Waals surface area contributed by atoms with Crippen LogP contribution in [0.5, 0.6) is 5.75 Å². The van der Waals surface area contributed by atoms with E-state index in [0.717, 1.165) is 0 Å². The number of ether oxygens (including phenoxy) is 1. The predicted octanol–water partition coefficient (Wildman–Crippen LogP) is 3.75. The number of nitrogens with one attached hydrogen (secondary N) is 1. The summed E-state index contributed by atoms with van der Waals surface area (Å²) in [6.45, 7) is 0.226. The van der Waals surface area contributed by atoms with Gasteiger partial charge in [0, 0.05) is 13.0 Å². The van der Waals surface area contributed by atoms with E-state index in [9.17, 15) is 23.3 Å². The van der Waals surface area contributed by atoms with Crippen LogP contribution in [0.15, 0.2) is 18.2 Å². The number of rotatable bonds is 7. The second kappa shape index (κ2) is 6.97. The van der Waals surface area contributed by atoms with Crippen molar-refractivity contribution in [3.8, 4) is 5.75 Å². The SMILES string of the molecule is COc1cccc(NCCCCC(F)(F)F)c1[N+](=O)[O-]. The van der Waals surface area contributed by atoms with Crippen molar-refractivity contribution in [2.75, 3.05) is 19.0 Å². The van der Waals surface area contributed by atoms with E-state index in [4.69, 9.17) is 4.74 Å². The van der Waals surface area contributed by atoms with Crippen molar-refractivity contribution in [1.82, 2.24) is 0 Å². The molecule has 0 bridgehead atoms. The lowest BCUT2D eigenvalue weighted by molar-refractivity contribution is -0.384. The highest BCUT2D eigenvalue weighted by atomic mass is 19.4. The second-order valence-corrected chi connectivity index (χ2v) is 4.11. The van der Waals surface area contributed by atoms with Crippen LogP contribution in [0.3, 0.4) is 0 Å². The molecule has 0 amide bonds. The zero-order valence-corrected chi connectivity index (χ0v) is 10.9. The minimum Gasteiger partial charge on any atom is -0.490 e. The Hall–Kier alpha value is -1.99. The average Bonchev–Trinajstić information content (AvgIpc) is 2.36. The summed E-state index contributed by atoms with van der Waals surface area (Å²) < 4.78 is 40.7. The van der Waals surface area contributed by atoms with Crippen molar-refractivity contribution in [2.24, 2.45) is 0 Å². The van der Waals surface area contributed by atoms with Gasteiger partial charge in [0.05, 0.1) is 12.0 Å². The van der Waals surface area contributed by atoms with Crippen molar-refractivity contribution in [2.45, 2.75) is 25.4 Å². The summed E-state index contributed by atoms with van der Waals surface area (Å²) in [5.41, 5.74) is 0.0205. The van der Waals surface area contributed by atoms with Gasteiger partial charge in [0.25, 0.3) is 0 Å². The van der Waals surface area contributed by atoms with E-state index >= 15 is 0 Å². The van der Waals surface area contributed by atoms with E-state index in [0.29, 0.717) is 0 Å². The largest absolute Gasteiger partial charge is 0.490 e. The van der Waals surface area contributed by atoms with Gasteiger partial charge in [-0.25, -0.2) is 0 Å². The maximum absolute atomic E-state index is 11.9. The number of nitro benzene ring substituents is 1. The third kappa shape index (κ3) is 4.94.